The average molecular weight is 317 g/mol. The van der Waals surface area contributed by atoms with Crippen LogP contribution in [0, 0.1) is 0 Å². The van der Waals surface area contributed by atoms with E-state index in [2.05, 4.69) is 17.1 Å². The molecule has 124 valence electrons. The molecule has 1 aliphatic rings. The van der Waals surface area contributed by atoms with Crippen molar-refractivity contribution >= 4 is 11.7 Å². The third-order valence-electron chi connectivity index (χ3n) is 3.54. The monoisotopic (exact) mass is 317 g/mol. The van der Waals surface area contributed by atoms with Gasteiger partial charge in [0.05, 0.1) is 19.4 Å². The minimum Gasteiger partial charge on any atom is -0.496 e. The molecule has 1 aromatic rings. The number of para-hydroxylation sites is 1. The molecule has 6 heteroatoms. The molecule has 2 amide bonds. The second kappa shape index (κ2) is 8.22. The zero-order valence-corrected chi connectivity index (χ0v) is 13.6. The van der Waals surface area contributed by atoms with E-state index in [1.54, 1.807) is 18.1 Å². The van der Waals surface area contributed by atoms with E-state index >= 15 is 0 Å². The fourth-order valence-electron chi connectivity index (χ4n) is 2.47. The van der Waals surface area contributed by atoms with E-state index < -0.39 is 0 Å². The van der Waals surface area contributed by atoms with Gasteiger partial charge in [0.1, 0.15) is 5.75 Å². The number of oxime groups is 1. The molecular formula is C17H23N3O3. The van der Waals surface area contributed by atoms with Crippen LogP contribution < -0.4 is 10.1 Å². The summed E-state index contributed by atoms with van der Waals surface area (Å²) in [6, 6.07) is 7.57. The minimum absolute atomic E-state index is 0.123. The van der Waals surface area contributed by atoms with Crippen LogP contribution in [0.5, 0.6) is 5.75 Å². The van der Waals surface area contributed by atoms with Gasteiger partial charge in [-0.3, -0.25) is 0 Å². The van der Waals surface area contributed by atoms with Crippen molar-refractivity contribution < 1.29 is 14.4 Å². The van der Waals surface area contributed by atoms with Crippen molar-refractivity contribution in [3.05, 3.63) is 42.5 Å². The van der Waals surface area contributed by atoms with E-state index in [1.165, 1.54) is 0 Å². The van der Waals surface area contributed by atoms with Crippen LogP contribution in [0.4, 0.5) is 4.79 Å². The summed E-state index contributed by atoms with van der Waals surface area (Å²) in [5.41, 5.74) is 1.76. The van der Waals surface area contributed by atoms with Crippen LogP contribution in [0.25, 0.3) is 0 Å². The Bertz CT molecular complexity index is 586. The maximum absolute atomic E-state index is 12.0. The number of ether oxygens (including phenoxy) is 1. The first kappa shape index (κ1) is 16.9. The second-order valence-corrected chi connectivity index (χ2v) is 5.20. The van der Waals surface area contributed by atoms with Gasteiger partial charge in [-0.15, -0.1) is 6.58 Å². The van der Waals surface area contributed by atoms with Crippen LogP contribution >= 0.6 is 0 Å². The summed E-state index contributed by atoms with van der Waals surface area (Å²) in [5.74, 6) is 0.766. The molecule has 0 radical (unpaired) electrons. The number of carbonyl (C=O) groups is 1. The van der Waals surface area contributed by atoms with Gasteiger partial charge < -0.3 is 19.8 Å². The highest BCUT2D eigenvalue weighted by molar-refractivity contribution is 6.03. The van der Waals surface area contributed by atoms with Crippen LogP contribution in [0.2, 0.25) is 0 Å². The molecule has 6 nitrogen and oxygen atoms in total. The van der Waals surface area contributed by atoms with Crippen molar-refractivity contribution in [3.63, 3.8) is 0 Å². The number of methoxy groups -OCH3 is 1. The van der Waals surface area contributed by atoms with Crippen molar-refractivity contribution in [2.45, 2.75) is 19.4 Å². The van der Waals surface area contributed by atoms with Gasteiger partial charge in [-0.1, -0.05) is 23.4 Å². The number of amides is 2. The Morgan fingerprint density at radius 2 is 2.35 bits per heavy atom. The Kier molecular flexibility index (Phi) is 6.02. The molecule has 0 fully saturated rings. The highest BCUT2D eigenvalue weighted by Gasteiger charge is 2.27. The minimum atomic E-state index is -0.169. The van der Waals surface area contributed by atoms with E-state index in [4.69, 9.17) is 9.57 Å². The number of hydrogen-bond acceptors (Lipinski definition) is 4. The van der Waals surface area contributed by atoms with E-state index in [0.717, 1.165) is 17.0 Å². The molecule has 2 rings (SSSR count). The van der Waals surface area contributed by atoms with E-state index in [0.29, 0.717) is 26.1 Å². The molecule has 0 saturated heterocycles. The largest absolute Gasteiger partial charge is 0.496 e. The zero-order chi connectivity index (χ0) is 16.7. The van der Waals surface area contributed by atoms with Gasteiger partial charge in [-0.25, -0.2) is 4.79 Å². The first-order chi connectivity index (χ1) is 11.2. The predicted molar refractivity (Wildman–Crippen MR) is 89.9 cm³/mol. The first-order valence-corrected chi connectivity index (χ1v) is 7.69. The Morgan fingerprint density at radius 3 is 3.04 bits per heavy atom. The maximum Gasteiger partial charge on any atom is 0.317 e. The number of benzene rings is 1. The zero-order valence-electron chi connectivity index (χ0n) is 13.6. The number of nitrogens with zero attached hydrogens (tertiary/aromatic N) is 2. The van der Waals surface area contributed by atoms with Crippen molar-refractivity contribution in [2.24, 2.45) is 5.16 Å². The molecule has 1 aromatic carbocycles. The molecule has 1 unspecified atom stereocenters. The summed E-state index contributed by atoms with van der Waals surface area (Å²) >= 11 is 0. The average Bonchev–Trinajstić information content (AvgIpc) is 3.03. The summed E-state index contributed by atoms with van der Waals surface area (Å²) in [4.78, 5) is 19.2. The summed E-state index contributed by atoms with van der Waals surface area (Å²) in [6.07, 6.45) is 2.16. The summed E-state index contributed by atoms with van der Waals surface area (Å²) in [7, 11) is 1.63. The molecule has 1 aliphatic heterocycles. The molecule has 0 aromatic heterocycles. The lowest BCUT2D eigenvalue weighted by molar-refractivity contribution is 0.0630. The molecule has 0 aliphatic carbocycles. The van der Waals surface area contributed by atoms with Gasteiger partial charge in [0.15, 0.2) is 6.10 Å². The van der Waals surface area contributed by atoms with Crippen LogP contribution in [0.3, 0.4) is 0 Å². The van der Waals surface area contributed by atoms with E-state index in [1.807, 2.05) is 31.2 Å². The molecule has 0 bridgehead atoms. The number of rotatable bonds is 7. The van der Waals surface area contributed by atoms with Crippen LogP contribution in [-0.4, -0.2) is 49.5 Å². The third-order valence-corrected chi connectivity index (χ3v) is 3.54. The van der Waals surface area contributed by atoms with Crippen molar-refractivity contribution in [3.8, 4) is 5.75 Å². The van der Waals surface area contributed by atoms with Gasteiger partial charge in [-0.2, -0.15) is 0 Å². The second-order valence-electron chi connectivity index (χ2n) is 5.20. The number of hydrogen-bond donors (Lipinski definition) is 1. The van der Waals surface area contributed by atoms with Gasteiger partial charge in [0.25, 0.3) is 0 Å². The SMILES string of the molecule is C=CCN(CC1CC(c2ccccc2OC)=NO1)C(=O)NCC. The highest BCUT2D eigenvalue weighted by atomic mass is 16.6. The summed E-state index contributed by atoms with van der Waals surface area (Å²) < 4.78 is 5.36. The number of urea groups is 1. The fraction of sp³-hybridized carbons (Fsp3) is 0.412. The Labute approximate surface area is 136 Å². The fourth-order valence-corrected chi connectivity index (χ4v) is 2.47. The van der Waals surface area contributed by atoms with Crippen LogP contribution in [0.1, 0.15) is 18.9 Å². The van der Waals surface area contributed by atoms with Gasteiger partial charge in [0.2, 0.25) is 0 Å². The molecule has 0 saturated carbocycles. The molecule has 23 heavy (non-hydrogen) atoms. The molecule has 0 spiro atoms. The summed E-state index contributed by atoms with van der Waals surface area (Å²) in [6.45, 7) is 7.09. The lowest BCUT2D eigenvalue weighted by Crippen LogP contribution is -2.43. The van der Waals surface area contributed by atoms with E-state index in [9.17, 15) is 4.79 Å². The van der Waals surface area contributed by atoms with Gasteiger partial charge in [0, 0.05) is 25.1 Å². The smallest absolute Gasteiger partial charge is 0.317 e. The lowest BCUT2D eigenvalue weighted by Gasteiger charge is -2.23. The standard InChI is InChI=1S/C17H23N3O3/c1-4-10-20(17(21)18-5-2)12-13-11-15(19-23-13)14-8-6-7-9-16(14)22-3/h4,6-9,13H,1,5,10-12H2,2-3H3,(H,18,21). The molecule has 1 N–H and O–H groups in total. The Hall–Kier alpha value is -2.50. The number of nitrogens with one attached hydrogen (secondary N) is 1. The Morgan fingerprint density at radius 1 is 1.57 bits per heavy atom. The third kappa shape index (κ3) is 4.25. The van der Waals surface area contributed by atoms with Gasteiger partial charge in [-0.05, 0) is 19.1 Å². The maximum atomic E-state index is 12.0. The lowest BCUT2D eigenvalue weighted by atomic mass is 10.0. The summed E-state index contributed by atoms with van der Waals surface area (Å²) in [5, 5.41) is 6.96. The topological polar surface area (TPSA) is 63.2 Å². The van der Waals surface area contributed by atoms with Crippen LogP contribution in [0.15, 0.2) is 42.1 Å². The highest BCUT2D eigenvalue weighted by Crippen LogP contribution is 2.24. The normalized spacial score (nSPS) is 16.3. The van der Waals surface area contributed by atoms with Crippen molar-refractivity contribution in [2.75, 3.05) is 26.7 Å². The number of carbonyl (C=O) groups excluding carboxylic acids is 1. The van der Waals surface area contributed by atoms with E-state index in [-0.39, 0.29) is 12.1 Å². The van der Waals surface area contributed by atoms with Crippen LogP contribution in [-0.2, 0) is 4.84 Å². The molecular weight excluding hydrogens is 294 g/mol. The Balaban J connectivity index is 2.00. The van der Waals surface area contributed by atoms with Crippen molar-refractivity contribution in [1.29, 1.82) is 0 Å². The van der Waals surface area contributed by atoms with Gasteiger partial charge >= 0.3 is 6.03 Å². The quantitative estimate of drug-likeness (QED) is 0.786. The predicted octanol–water partition coefficient (Wildman–Crippen LogP) is 2.41. The molecule has 1 heterocycles. The molecule has 1 atom stereocenters. The van der Waals surface area contributed by atoms with Crippen molar-refractivity contribution in [1.82, 2.24) is 10.2 Å². The first-order valence-electron chi connectivity index (χ1n) is 7.69.